The molecule has 2 aromatic heterocycles. The number of hydrogen-bond donors (Lipinski definition) is 1. The van der Waals surface area contributed by atoms with Crippen LogP contribution in [0.25, 0.3) is 22.1 Å². The molecule has 0 radical (unpaired) electrons. The number of carbonyl (C=O) groups is 2. The first-order chi connectivity index (χ1) is 16.3. The lowest BCUT2D eigenvalue weighted by atomic mass is 10.0. The molecule has 0 aliphatic heterocycles. The summed E-state index contributed by atoms with van der Waals surface area (Å²) in [6, 6.07) is 9.80. The lowest BCUT2D eigenvalue weighted by Crippen LogP contribution is -2.17. The molecule has 0 saturated carbocycles. The molecule has 0 aliphatic carbocycles. The molecule has 0 saturated heterocycles. The van der Waals surface area contributed by atoms with Gasteiger partial charge in [0, 0.05) is 28.5 Å². The van der Waals surface area contributed by atoms with E-state index in [0.29, 0.717) is 27.4 Å². The minimum Gasteiger partial charge on any atom is -0.462 e. The quantitative estimate of drug-likeness (QED) is 0.213. The Hall–Kier alpha value is -4.05. The minimum absolute atomic E-state index is 0.0524. The van der Waals surface area contributed by atoms with Crippen LogP contribution in [0.2, 0.25) is 0 Å². The highest BCUT2D eigenvalue weighted by atomic mass is 32.1. The first-order valence-electron chi connectivity index (χ1n) is 10.5. The van der Waals surface area contributed by atoms with E-state index in [0.717, 1.165) is 27.8 Å². The van der Waals surface area contributed by atoms with Gasteiger partial charge in [-0.25, -0.2) is 4.79 Å². The van der Waals surface area contributed by atoms with Gasteiger partial charge in [-0.3, -0.25) is 14.9 Å². The second-order valence-electron chi connectivity index (χ2n) is 7.69. The standard InChI is InChI=1S/C24H21N3O6S/c1-4-32-24(29)22-17(15-6-5-7-16(10-15)27(30)31)12-34-23(22)25-20(28)11-18-21-14(3)8-13(2)9-19(21)33-26-18/h5-10,12H,4,11H2,1-3H3,(H,25,28). The molecule has 1 amide bonds. The van der Waals surface area contributed by atoms with Crippen molar-refractivity contribution >= 4 is 44.9 Å². The summed E-state index contributed by atoms with van der Waals surface area (Å²) < 4.78 is 10.6. The highest BCUT2D eigenvalue weighted by Crippen LogP contribution is 2.37. The highest BCUT2D eigenvalue weighted by Gasteiger charge is 2.24. The van der Waals surface area contributed by atoms with Crippen molar-refractivity contribution in [3.05, 3.63) is 74.3 Å². The van der Waals surface area contributed by atoms with E-state index in [9.17, 15) is 19.7 Å². The van der Waals surface area contributed by atoms with Gasteiger partial charge in [-0.15, -0.1) is 11.3 Å². The summed E-state index contributed by atoms with van der Waals surface area (Å²) in [5.41, 5.74) is 4.06. The second-order valence-corrected chi connectivity index (χ2v) is 8.57. The Balaban J connectivity index is 1.66. The molecule has 0 bridgehead atoms. The number of benzene rings is 2. The molecule has 174 valence electrons. The van der Waals surface area contributed by atoms with E-state index < -0.39 is 10.9 Å². The van der Waals surface area contributed by atoms with Gasteiger partial charge in [0.05, 0.1) is 18.0 Å². The Labute approximate surface area is 198 Å². The zero-order valence-electron chi connectivity index (χ0n) is 18.7. The third-order valence-electron chi connectivity index (χ3n) is 5.21. The van der Waals surface area contributed by atoms with Gasteiger partial charge in [-0.2, -0.15) is 0 Å². The number of hydrogen-bond acceptors (Lipinski definition) is 8. The number of aromatic nitrogens is 1. The van der Waals surface area contributed by atoms with E-state index in [2.05, 4.69) is 10.5 Å². The predicted octanol–water partition coefficient (Wildman–Crippen LogP) is 5.44. The molecule has 2 heterocycles. The van der Waals surface area contributed by atoms with Crippen LogP contribution in [0.15, 0.2) is 46.3 Å². The van der Waals surface area contributed by atoms with Crippen LogP contribution in [0.4, 0.5) is 10.7 Å². The Morgan fingerprint density at radius 2 is 2.03 bits per heavy atom. The van der Waals surface area contributed by atoms with E-state index in [4.69, 9.17) is 9.26 Å². The van der Waals surface area contributed by atoms with Gasteiger partial charge in [0.25, 0.3) is 5.69 Å². The summed E-state index contributed by atoms with van der Waals surface area (Å²) in [5.74, 6) is -1.01. The molecule has 0 atom stereocenters. The average molecular weight is 480 g/mol. The summed E-state index contributed by atoms with van der Waals surface area (Å²) in [7, 11) is 0. The molecule has 0 spiro atoms. The molecule has 0 fully saturated rings. The number of thiophene rings is 1. The number of fused-ring (bicyclic) bond motifs is 1. The minimum atomic E-state index is -0.626. The third kappa shape index (κ3) is 4.53. The zero-order chi connectivity index (χ0) is 24.4. The molecule has 1 N–H and O–H groups in total. The van der Waals surface area contributed by atoms with Gasteiger partial charge < -0.3 is 14.6 Å². The first-order valence-corrected chi connectivity index (χ1v) is 11.3. The number of ether oxygens (including phenoxy) is 1. The highest BCUT2D eigenvalue weighted by molar-refractivity contribution is 7.15. The topological polar surface area (TPSA) is 125 Å². The van der Waals surface area contributed by atoms with E-state index in [1.54, 1.807) is 18.4 Å². The lowest BCUT2D eigenvalue weighted by Gasteiger charge is -2.09. The van der Waals surface area contributed by atoms with Gasteiger partial charge in [0.15, 0.2) is 5.58 Å². The van der Waals surface area contributed by atoms with Crippen LogP contribution in [0.3, 0.4) is 0 Å². The summed E-state index contributed by atoms with van der Waals surface area (Å²) in [4.78, 5) is 36.3. The van der Waals surface area contributed by atoms with Crippen LogP contribution in [-0.4, -0.2) is 28.6 Å². The van der Waals surface area contributed by atoms with E-state index in [-0.39, 0.29) is 30.2 Å². The largest absolute Gasteiger partial charge is 0.462 e. The maximum Gasteiger partial charge on any atom is 0.341 e. The van der Waals surface area contributed by atoms with Crippen LogP contribution in [0, 0.1) is 24.0 Å². The maximum atomic E-state index is 12.9. The fourth-order valence-electron chi connectivity index (χ4n) is 3.82. The van der Waals surface area contributed by atoms with Gasteiger partial charge in [0.2, 0.25) is 5.91 Å². The van der Waals surface area contributed by atoms with Crippen molar-refractivity contribution in [2.24, 2.45) is 0 Å². The SMILES string of the molecule is CCOC(=O)c1c(-c2cccc([N+](=O)[O-])c2)csc1NC(=O)Cc1noc2cc(C)cc(C)c12. The van der Waals surface area contributed by atoms with Crippen LogP contribution in [0.5, 0.6) is 0 Å². The number of nitrogens with one attached hydrogen (secondary N) is 1. The number of nitrogens with zero attached hydrogens (tertiary/aromatic N) is 2. The number of anilines is 1. The molecular formula is C24H21N3O6S. The smallest absolute Gasteiger partial charge is 0.341 e. The fraction of sp³-hybridized carbons (Fsp3) is 0.208. The van der Waals surface area contributed by atoms with Crippen LogP contribution >= 0.6 is 11.3 Å². The van der Waals surface area contributed by atoms with Crippen molar-refractivity contribution in [1.82, 2.24) is 5.16 Å². The monoisotopic (exact) mass is 479 g/mol. The number of carbonyl (C=O) groups excluding carboxylic acids is 2. The molecule has 10 heteroatoms. The summed E-state index contributed by atoms with van der Waals surface area (Å²) in [5, 5.41) is 20.8. The van der Waals surface area contributed by atoms with Gasteiger partial charge in [0.1, 0.15) is 16.3 Å². The Morgan fingerprint density at radius 1 is 1.24 bits per heavy atom. The Kier molecular flexibility index (Phi) is 6.42. The van der Waals surface area contributed by atoms with Crippen molar-refractivity contribution < 1.29 is 23.8 Å². The van der Waals surface area contributed by atoms with Crippen LogP contribution < -0.4 is 5.32 Å². The molecule has 4 aromatic rings. The van der Waals surface area contributed by atoms with Crippen molar-refractivity contribution in [2.45, 2.75) is 27.2 Å². The van der Waals surface area contributed by atoms with Crippen molar-refractivity contribution in [3.8, 4) is 11.1 Å². The van der Waals surface area contributed by atoms with Crippen LogP contribution in [-0.2, 0) is 16.0 Å². The van der Waals surface area contributed by atoms with E-state index in [1.807, 2.05) is 26.0 Å². The molecule has 4 rings (SSSR count). The maximum absolute atomic E-state index is 12.9. The number of non-ortho nitro benzene ring substituents is 1. The Morgan fingerprint density at radius 3 is 2.76 bits per heavy atom. The number of amides is 1. The Bertz CT molecular complexity index is 1420. The lowest BCUT2D eigenvalue weighted by molar-refractivity contribution is -0.384. The number of aryl methyl sites for hydroxylation is 2. The van der Waals surface area contributed by atoms with Gasteiger partial charge >= 0.3 is 5.97 Å². The molecular weight excluding hydrogens is 458 g/mol. The number of nitro groups is 1. The van der Waals surface area contributed by atoms with E-state index in [1.165, 1.54) is 18.2 Å². The number of esters is 1. The normalized spacial score (nSPS) is 10.9. The molecule has 9 nitrogen and oxygen atoms in total. The third-order valence-corrected chi connectivity index (χ3v) is 6.10. The summed E-state index contributed by atoms with van der Waals surface area (Å²) >= 11 is 1.14. The van der Waals surface area contributed by atoms with Crippen molar-refractivity contribution in [3.63, 3.8) is 0 Å². The predicted molar refractivity (Wildman–Crippen MR) is 128 cm³/mol. The second kappa shape index (κ2) is 9.44. The van der Waals surface area contributed by atoms with E-state index >= 15 is 0 Å². The van der Waals surface area contributed by atoms with Crippen LogP contribution in [0.1, 0.15) is 34.1 Å². The first kappa shape index (κ1) is 23.1. The molecule has 0 aliphatic rings. The summed E-state index contributed by atoms with van der Waals surface area (Å²) in [6.07, 6.45) is -0.0524. The molecule has 34 heavy (non-hydrogen) atoms. The van der Waals surface area contributed by atoms with Crippen molar-refractivity contribution in [1.29, 1.82) is 0 Å². The molecule has 2 aromatic carbocycles. The van der Waals surface area contributed by atoms with Gasteiger partial charge in [-0.05, 0) is 43.5 Å². The number of rotatable bonds is 7. The van der Waals surface area contributed by atoms with Crippen molar-refractivity contribution in [2.75, 3.05) is 11.9 Å². The zero-order valence-corrected chi connectivity index (χ0v) is 19.5. The number of nitro benzene ring substituents is 1. The fourth-order valence-corrected chi connectivity index (χ4v) is 4.79. The van der Waals surface area contributed by atoms with Gasteiger partial charge in [-0.1, -0.05) is 23.4 Å². The molecule has 0 unspecified atom stereocenters. The average Bonchev–Trinajstić information content (AvgIpc) is 3.38. The summed E-state index contributed by atoms with van der Waals surface area (Å²) in [6.45, 7) is 5.70.